The fourth-order valence-corrected chi connectivity index (χ4v) is 1.27. The second-order valence-electron chi connectivity index (χ2n) is 2.91. The molecule has 1 aromatic carbocycles. The monoisotopic (exact) mass is 214 g/mol. The molecule has 0 unspecified atom stereocenters. The van der Waals surface area contributed by atoms with Gasteiger partial charge in [0.1, 0.15) is 5.75 Å². The molecule has 0 saturated heterocycles. The van der Waals surface area contributed by atoms with Crippen molar-refractivity contribution >= 4 is 11.6 Å². The number of para-hydroxylation sites is 1. The predicted molar refractivity (Wildman–Crippen MR) is 58.0 cm³/mol. The molecule has 0 saturated carbocycles. The Kier molecular flexibility index (Phi) is 5.42. The van der Waals surface area contributed by atoms with E-state index in [2.05, 4.69) is 0 Å². The summed E-state index contributed by atoms with van der Waals surface area (Å²) in [5.41, 5.74) is 1.07. The van der Waals surface area contributed by atoms with Crippen LogP contribution in [-0.4, -0.2) is 19.6 Å². The average Bonchev–Trinajstić information content (AvgIpc) is 2.25. The number of ether oxygens (including phenoxy) is 2. The van der Waals surface area contributed by atoms with Gasteiger partial charge in [-0.15, -0.1) is 11.6 Å². The molecule has 0 fully saturated rings. The quantitative estimate of drug-likeness (QED) is 0.536. The third-order valence-corrected chi connectivity index (χ3v) is 2.14. The van der Waals surface area contributed by atoms with E-state index in [0.717, 1.165) is 17.7 Å². The van der Waals surface area contributed by atoms with Crippen molar-refractivity contribution in [2.45, 2.75) is 13.0 Å². The Balaban J connectivity index is 2.41. The number of benzene rings is 1. The molecule has 78 valence electrons. The second kappa shape index (κ2) is 6.68. The van der Waals surface area contributed by atoms with Crippen molar-refractivity contribution in [2.24, 2.45) is 0 Å². The van der Waals surface area contributed by atoms with Crippen molar-refractivity contribution in [1.29, 1.82) is 0 Å². The molecule has 0 atom stereocenters. The van der Waals surface area contributed by atoms with Gasteiger partial charge < -0.3 is 9.47 Å². The van der Waals surface area contributed by atoms with Crippen molar-refractivity contribution in [3.63, 3.8) is 0 Å². The molecule has 1 rings (SSSR count). The van der Waals surface area contributed by atoms with Crippen LogP contribution in [0.25, 0.3) is 0 Å². The second-order valence-corrected chi connectivity index (χ2v) is 3.28. The van der Waals surface area contributed by atoms with Crippen molar-refractivity contribution < 1.29 is 9.47 Å². The summed E-state index contributed by atoms with van der Waals surface area (Å²) in [5, 5.41) is 0. The summed E-state index contributed by atoms with van der Waals surface area (Å²) in [4.78, 5) is 0. The van der Waals surface area contributed by atoms with E-state index in [1.54, 1.807) is 7.11 Å². The van der Waals surface area contributed by atoms with Gasteiger partial charge in [0.2, 0.25) is 0 Å². The molecule has 2 nitrogen and oxygen atoms in total. The van der Waals surface area contributed by atoms with E-state index in [1.807, 2.05) is 24.3 Å². The van der Waals surface area contributed by atoms with Crippen LogP contribution >= 0.6 is 11.6 Å². The third kappa shape index (κ3) is 3.56. The van der Waals surface area contributed by atoms with Crippen LogP contribution in [0.15, 0.2) is 24.3 Å². The fourth-order valence-electron chi connectivity index (χ4n) is 1.16. The highest BCUT2D eigenvalue weighted by Gasteiger charge is 2.00. The zero-order chi connectivity index (χ0) is 10.2. The van der Waals surface area contributed by atoms with E-state index in [0.29, 0.717) is 19.1 Å². The Morgan fingerprint density at radius 1 is 1.29 bits per heavy atom. The van der Waals surface area contributed by atoms with Gasteiger partial charge in [0.15, 0.2) is 0 Å². The van der Waals surface area contributed by atoms with Gasteiger partial charge in [0.25, 0.3) is 0 Å². The van der Waals surface area contributed by atoms with E-state index >= 15 is 0 Å². The minimum absolute atomic E-state index is 0.584. The molecule has 14 heavy (non-hydrogen) atoms. The topological polar surface area (TPSA) is 18.5 Å². The molecule has 0 aliphatic heterocycles. The van der Waals surface area contributed by atoms with Gasteiger partial charge in [-0.05, 0) is 12.5 Å². The molecular weight excluding hydrogens is 200 g/mol. The molecule has 0 amide bonds. The summed E-state index contributed by atoms with van der Waals surface area (Å²) in [6, 6.07) is 7.85. The summed E-state index contributed by atoms with van der Waals surface area (Å²) in [5.74, 6) is 1.52. The maximum absolute atomic E-state index is 5.54. The summed E-state index contributed by atoms with van der Waals surface area (Å²) < 4.78 is 10.6. The molecule has 0 heterocycles. The Morgan fingerprint density at radius 3 is 2.79 bits per heavy atom. The summed E-state index contributed by atoms with van der Waals surface area (Å²) >= 11 is 5.54. The Bertz CT molecular complexity index is 263. The zero-order valence-corrected chi connectivity index (χ0v) is 9.09. The first-order valence-corrected chi connectivity index (χ1v) is 5.17. The van der Waals surface area contributed by atoms with Crippen LogP contribution in [0.4, 0.5) is 0 Å². The molecule has 0 aliphatic carbocycles. The molecule has 0 N–H and O–H groups in total. The number of methoxy groups -OCH3 is 1. The van der Waals surface area contributed by atoms with Gasteiger partial charge >= 0.3 is 0 Å². The normalized spacial score (nSPS) is 10.1. The van der Waals surface area contributed by atoms with Crippen LogP contribution in [0.2, 0.25) is 0 Å². The first-order chi connectivity index (χ1) is 6.88. The van der Waals surface area contributed by atoms with Crippen LogP contribution in [0.5, 0.6) is 5.75 Å². The minimum Gasteiger partial charge on any atom is -0.496 e. The Morgan fingerprint density at radius 2 is 2.07 bits per heavy atom. The SMILES string of the molecule is COc1ccccc1COCCCCl. The lowest BCUT2D eigenvalue weighted by molar-refractivity contribution is 0.120. The van der Waals surface area contributed by atoms with Crippen LogP contribution in [0.1, 0.15) is 12.0 Å². The lowest BCUT2D eigenvalue weighted by Crippen LogP contribution is -1.98. The molecular formula is C11H15ClO2. The average molecular weight is 215 g/mol. The van der Waals surface area contributed by atoms with Crippen molar-refractivity contribution in [2.75, 3.05) is 19.6 Å². The highest BCUT2D eigenvalue weighted by molar-refractivity contribution is 6.17. The largest absolute Gasteiger partial charge is 0.496 e. The van der Waals surface area contributed by atoms with Crippen molar-refractivity contribution in [1.82, 2.24) is 0 Å². The van der Waals surface area contributed by atoms with Gasteiger partial charge in [-0.1, -0.05) is 18.2 Å². The minimum atomic E-state index is 0.584. The molecule has 1 aromatic rings. The molecule has 0 aliphatic rings. The summed E-state index contributed by atoms with van der Waals surface area (Å²) in [6.45, 7) is 1.28. The maximum Gasteiger partial charge on any atom is 0.124 e. The van der Waals surface area contributed by atoms with E-state index in [-0.39, 0.29) is 0 Å². The first-order valence-electron chi connectivity index (χ1n) is 4.64. The maximum atomic E-state index is 5.54. The summed E-state index contributed by atoms with van der Waals surface area (Å²) in [6.07, 6.45) is 0.886. The van der Waals surface area contributed by atoms with E-state index in [4.69, 9.17) is 21.1 Å². The van der Waals surface area contributed by atoms with Crippen LogP contribution in [0, 0.1) is 0 Å². The molecule has 0 radical (unpaired) electrons. The highest BCUT2D eigenvalue weighted by Crippen LogP contribution is 2.17. The Labute approximate surface area is 89.8 Å². The molecule has 0 aromatic heterocycles. The van der Waals surface area contributed by atoms with Gasteiger partial charge in [0, 0.05) is 18.1 Å². The smallest absolute Gasteiger partial charge is 0.124 e. The standard InChI is InChI=1S/C11H15ClO2/c1-13-11-6-3-2-5-10(11)9-14-8-4-7-12/h2-3,5-6H,4,7-9H2,1H3. The van der Waals surface area contributed by atoms with Crippen LogP contribution in [0.3, 0.4) is 0 Å². The van der Waals surface area contributed by atoms with Crippen LogP contribution in [-0.2, 0) is 11.3 Å². The van der Waals surface area contributed by atoms with E-state index in [9.17, 15) is 0 Å². The van der Waals surface area contributed by atoms with Gasteiger partial charge in [-0.3, -0.25) is 0 Å². The number of halogens is 1. The number of alkyl halides is 1. The van der Waals surface area contributed by atoms with Gasteiger partial charge in [-0.2, -0.15) is 0 Å². The highest BCUT2D eigenvalue weighted by atomic mass is 35.5. The van der Waals surface area contributed by atoms with Gasteiger partial charge in [0.05, 0.1) is 13.7 Å². The van der Waals surface area contributed by atoms with E-state index in [1.165, 1.54) is 0 Å². The van der Waals surface area contributed by atoms with E-state index < -0.39 is 0 Å². The van der Waals surface area contributed by atoms with Crippen LogP contribution < -0.4 is 4.74 Å². The molecule has 0 bridgehead atoms. The predicted octanol–water partition coefficient (Wildman–Crippen LogP) is 2.84. The molecule has 3 heteroatoms. The lowest BCUT2D eigenvalue weighted by atomic mass is 10.2. The van der Waals surface area contributed by atoms with Crippen molar-refractivity contribution in [3.05, 3.63) is 29.8 Å². The number of hydrogen-bond acceptors (Lipinski definition) is 2. The zero-order valence-electron chi connectivity index (χ0n) is 8.33. The molecule has 0 spiro atoms. The Hall–Kier alpha value is -0.730. The van der Waals surface area contributed by atoms with Crippen molar-refractivity contribution in [3.8, 4) is 5.75 Å². The lowest BCUT2D eigenvalue weighted by Gasteiger charge is -2.08. The summed E-state index contributed by atoms with van der Waals surface area (Å²) in [7, 11) is 1.66. The first kappa shape index (κ1) is 11.3. The number of rotatable bonds is 6. The van der Waals surface area contributed by atoms with Gasteiger partial charge in [-0.25, -0.2) is 0 Å². The number of hydrogen-bond donors (Lipinski definition) is 0. The third-order valence-electron chi connectivity index (χ3n) is 1.87. The fraction of sp³-hybridized carbons (Fsp3) is 0.455.